The Hall–Kier alpha value is -5.37. The number of fused-ring (bicyclic) bond motifs is 2. The Bertz CT molecular complexity index is 2400. The summed E-state index contributed by atoms with van der Waals surface area (Å²) in [5.74, 6) is -1.56. The van der Waals surface area contributed by atoms with Gasteiger partial charge in [0.05, 0.1) is 45.2 Å². The summed E-state index contributed by atoms with van der Waals surface area (Å²) in [5.41, 5.74) is 5.69. The standard InChI is InChI=1S/C41H37NO4.2C6H15N/c1-4-30-33(40(44)42-21-20-28-11-6-9-26(3)23-28)18-16-31-32-17-19-35(41(45)46)39-34(15-14-29(38(32)39)24-36(30)31)37(43)13-7-12-27-10-5-8-25(2)22-27;2*1-4-7(5-2)6-3/h4-6,8-11,14-19,22-24H,7,12-13,20-21H2,1-3H3,(H,42,44)(H,45,46);2*4-6H2,1-3H3/p+1/b30-4+;;. The van der Waals surface area contributed by atoms with Crippen molar-refractivity contribution in [1.82, 2.24) is 5.32 Å². The number of hydrogen-bond acceptors (Lipinski definition) is 4. The third-order valence-electron chi connectivity index (χ3n) is 11.9. The van der Waals surface area contributed by atoms with Crippen LogP contribution in [0.5, 0.6) is 0 Å². The molecule has 0 radical (unpaired) electrons. The van der Waals surface area contributed by atoms with Crippen LogP contribution in [0.25, 0.3) is 38.4 Å². The van der Waals surface area contributed by atoms with Gasteiger partial charge in [0.25, 0.3) is 5.91 Å². The first-order valence-corrected chi connectivity index (χ1v) is 22.2. The summed E-state index contributed by atoms with van der Waals surface area (Å²) in [4.78, 5) is 42.7. The molecule has 0 aromatic heterocycles. The minimum Gasteiger partial charge on any atom is -0.545 e. The molecule has 1 amide bonds. The zero-order valence-corrected chi connectivity index (χ0v) is 37.6. The molecule has 0 saturated carbocycles. The van der Waals surface area contributed by atoms with E-state index in [0.717, 1.165) is 45.0 Å². The Kier molecular flexibility index (Phi) is 18.5. The van der Waals surface area contributed by atoms with E-state index in [-0.39, 0.29) is 17.3 Å². The molecule has 3 N–H and O–H groups in total. The highest BCUT2D eigenvalue weighted by Crippen LogP contribution is 2.37. The molecule has 0 atom stereocenters. The third kappa shape index (κ3) is 12.1. The second kappa shape index (κ2) is 23.4. The molecular weight excluding hydrogens is 743 g/mol. The highest BCUT2D eigenvalue weighted by atomic mass is 16.4. The van der Waals surface area contributed by atoms with Crippen molar-refractivity contribution in [3.05, 3.63) is 135 Å². The second-order valence-corrected chi connectivity index (χ2v) is 15.7. The van der Waals surface area contributed by atoms with Crippen molar-refractivity contribution < 1.29 is 29.3 Å². The number of ketones is 1. The van der Waals surface area contributed by atoms with Crippen LogP contribution in [0.4, 0.5) is 0 Å². The van der Waals surface area contributed by atoms with Crippen LogP contribution in [0, 0.1) is 13.8 Å². The van der Waals surface area contributed by atoms with Crippen molar-refractivity contribution in [3.8, 4) is 0 Å². The summed E-state index contributed by atoms with van der Waals surface area (Å²) in [6, 6.07) is 29.2. The predicted molar refractivity (Wildman–Crippen MR) is 249 cm³/mol. The molecule has 0 unspecified atom stereocenters. The van der Waals surface area contributed by atoms with Gasteiger partial charge >= 0.3 is 0 Å². The van der Waals surface area contributed by atoms with Crippen LogP contribution in [0.15, 0.2) is 91.0 Å². The van der Waals surface area contributed by atoms with E-state index < -0.39 is 5.97 Å². The molecule has 0 aliphatic carbocycles. The van der Waals surface area contributed by atoms with Gasteiger partial charge in [-0.15, -0.1) is 0 Å². The summed E-state index contributed by atoms with van der Waals surface area (Å²) < 4.78 is 0. The lowest BCUT2D eigenvalue weighted by Crippen LogP contribution is -3.11. The molecule has 0 spiro atoms. The van der Waals surface area contributed by atoms with Gasteiger partial charge in [-0.2, -0.15) is 0 Å². The Morgan fingerprint density at radius 3 is 1.65 bits per heavy atom. The highest BCUT2D eigenvalue weighted by molar-refractivity contribution is 6.28. The van der Waals surface area contributed by atoms with Crippen LogP contribution in [0.2, 0.25) is 0 Å². The first kappa shape index (κ1) is 47.3. The van der Waals surface area contributed by atoms with Crippen molar-refractivity contribution >= 4 is 56.1 Å². The van der Waals surface area contributed by atoms with Crippen LogP contribution in [0.1, 0.15) is 115 Å². The molecule has 6 aromatic carbocycles. The Morgan fingerprint density at radius 1 is 0.600 bits per heavy atom. The first-order chi connectivity index (χ1) is 28.9. The van der Waals surface area contributed by atoms with E-state index in [9.17, 15) is 19.5 Å². The van der Waals surface area contributed by atoms with Crippen LogP contribution in [-0.4, -0.2) is 63.5 Å². The summed E-state index contributed by atoms with van der Waals surface area (Å²) in [7, 11) is 0. The van der Waals surface area contributed by atoms with Crippen molar-refractivity contribution in [1.29, 1.82) is 0 Å². The van der Waals surface area contributed by atoms with Crippen LogP contribution in [-0.2, 0) is 12.8 Å². The number of nitrogens with one attached hydrogen (secondary N) is 3. The van der Waals surface area contributed by atoms with Gasteiger partial charge in [0.15, 0.2) is 5.78 Å². The van der Waals surface area contributed by atoms with Crippen molar-refractivity contribution in [2.24, 2.45) is 0 Å². The maximum Gasteiger partial charge on any atom is 0.251 e. The summed E-state index contributed by atoms with van der Waals surface area (Å²) in [6.45, 7) is 27.5. The van der Waals surface area contributed by atoms with Gasteiger partial charge in [-0.3, -0.25) is 9.59 Å². The lowest BCUT2D eigenvalue weighted by Gasteiger charge is -2.18. The zero-order valence-electron chi connectivity index (χ0n) is 37.6. The predicted octanol–water partition coefficient (Wildman–Crippen LogP) is 6.69. The molecule has 0 heterocycles. The molecule has 60 heavy (non-hydrogen) atoms. The van der Waals surface area contributed by atoms with Crippen LogP contribution >= 0.6 is 0 Å². The monoisotopic (exact) mass is 811 g/mol. The maximum atomic E-state index is 13.6. The smallest absolute Gasteiger partial charge is 0.251 e. The number of benzene rings is 6. The lowest BCUT2D eigenvalue weighted by molar-refractivity contribution is -0.894. The molecular formula is C53H68N3O4+. The number of rotatable bonds is 16. The quantitative estimate of drug-likeness (QED) is 0.0578. The molecule has 0 aliphatic heterocycles. The van der Waals surface area contributed by atoms with Gasteiger partial charge in [-0.1, -0.05) is 96.1 Å². The fraction of sp³-hybridized carbons (Fsp3) is 0.377. The largest absolute Gasteiger partial charge is 0.545 e. The molecule has 0 saturated heterocycles. The summed E-state index contributed by atoms with van der Waals surface area (Å²) in [6.07, 6.45) is 4.40. The number of carboxylic acids is 1. The van der Waals surface area contributed by atoms with Gasteiger partial charge in [0.1, 0.15) is 0 Å². The number of aryl methyl sites for hydroxylation is 3. The van der Waals surface area contributed by atoms with Crippen molar-refractivity contribution in [3.63, 3.8) is 0 Å². The minimum absolute atomic E-state index is 0.00590. The van der Waals surface area contributed by atoms with E-state index in [1.807, 2.05) is 62.4 Å². The lowest BCUT2D eigenvalue weighted by atomic mass is 9.87. The average Bonchev–Trinajstić information content (AvgIpc) is 3.25. The number of hydrogen-bond donors (Lipinski definition) is 3. The Labute approximate surface area is 358 Å². The summed E-state index contributed by atoms with van der Waals surface area (Å²) in [5, 5.41) is 20.8. The number of carboxylic acid groups (broad SMARTS) is 1. The first-order valence-electron chi connectivity index (χ1n) is 22.2. The van der Waals surface area contributed by atoms with Crippen molar-refractivity contribution in [2.45, 2.75) is 88.0 Å². The van der Waals surface area contributed by atoms with Gasteiger partial charge in [-0.05, 0) is 137 Å². The topological polar surface area (TPSA) is 95.2 Å². The Balaban J connectivity index is 0.000000488. The van der Waals surface area contributed by atoms with E-state index in [0.29, 0.717) is 35.9 Å². The summed E-state index contributed by atoms with van der Waals surface area (Å²) >= 11 is 0. The number of carbonyl (C=O) groups is 3. The Morgan fingerprint density at radius 2 is 1.13 bits per heavy atom. The van der Waals surface area contributed by atoms with E-state index >= 15 is 0 Å². The molecule has 0 bridgehead atoms. The fourth-order valence-electron chi connectivity index (χ4n) is 8.20. The van der Waals surface area contributed by atoms with Gasteiger partial charge < -0.3 is 25.0 Å². The van der Waals surface area contributed by atoms with E-state index in [2.05, 4.69) is 84.1 Å². The van der Waals surface area contributed by atoms with Crippen LogP contribution in [0.3, 0.4) is 0 Å². The number of quaternary nitrogens is 2. The highest BCUT2D eigenvalue weighted by Gasteiger charge is 2.20. The molecule has 7 nitrogen and oxygen atoms in total. The molecule has 6 aromatic rings. The van der Waals surface area contributed by atoms with Gasteiger partial charge in [0.2, 0.25) is 0 Å². The number of amides is 1. The van der Waals surface area contributed by atoms with Gasteiger partial charge in [0, 0.05) is 35.0 Å². The fourth-order valence-corrected chi connectivity index (χ4v) is 8.20. The van der Waals surface area contributed by atoms with Crippen molar-refractivity contribution in [2.75, 3.05) is 45.8 Å². The van der Waals surface area contributed by atoms with Crippen LogP contribution < -0.4 is 25.4 Å². The molecule has 318 valence electrons. The second-order valence-electron chi connectivity index (χ2n) is 15.7. The minimum atomic E-state index is -1.32. The normalized spacial score (nSPS) is 11.5. The molecule has 0 fully saturated rings. The maximum absolute atomic E-state index is 13.6. The molecule has 7 heteroatoms. The van der Waals surface area contributed by atoms with E-state index in [1.165, 1.54) is 67.6 Å². The molecule has 0 aliphatic rings. The number of carbonyl (C=O) groups excluding carboxylic acids is 3. The van der Waals surface area contributed by atoms with E-state index in [1.54, 1.807) is 21.9 Å². The third-order valence-corrected chi connectivity index (χ3v) is 11.9. The number of Topliss-reactive ketones (excluding diaryl/α,β-unsaturated/α-hetero) is 1. The SMILES string of the molecule is C/C=c1\c(C(=O)NCCc2cccc(C)c2)ccc2c1cc1ccc(C(=O)CCCc3cccc(C)c3)c3c(C(=O)[O-])ccc2c13.CC[NH+](CC)CC.CC[NH+](CC)CC. The van der Waals surface area contributed by atoms with E-state index in [4.69, 9.17) is 0 Å². The molecule has 6 rings (SSSR count). The van der Waals surface area contributed by atoms with Gasteiger partial charge in [-0.25, -0.2) is 0 Å². The zero-order chi connectivity index (χ0) is 43.8. The average molecular weight is 811 g/mol. The number of aromatic carboxylic acids is 1.